The van der Waals surface area contributed by atoms with Crippen LogP contribution in [0.1, 0.15) is 5.56 Å². The summed E-state index contributed by atoms with van der Waals surface area (Å²) in [7, 11) is 0. The van der Waals surface area contributed by atoms with E-state index in [1.165, 1.54) is 11.5 Å². The van der Waals surface area contributed by atoms with E-state index in [0.29, 0.717) is 0 Å². The molecule has 1 aliphatic rings. The first-order valence-electron chi connectivity index (χ1n) is 4.30. The lowest BCUT2D eigenvalue weighted by Gasteiger charge is -2.08. The Kier molecular flexibility index (Phi) is 2.90. The summed E-state index contributed by atoms with van der Waals surface area (Å²) in [5, 5.41) is 0.851. The zero-order valence-electron chi connectivity index (χ0n) is 7.20. The summed E-state index contributed by atoms with van der Waals surface area (Å²) >= 11 is 6.04. The van der Waals surface area contributed by atoms with E-state index in [-0.39, 0.29) is 0 Å². The van der Waals surface area contributed by atoms with Crippen molar-refractivity contribution in [2.45, 2.75) is 6.42 Å². The van der Waals surface area contributed by atoms with Gasteiger partial charge in [-0.15, -0.1) is 0 Å². The number of hydrogen-bond acceptors (Lipinski definition) is 0. The molecule has 1 fully saturated rings. The van der Waals surface area contributed by atoms with E-state index in [1.807, 2.05) is 31.0 Å². The smallest absolute Gasteiger partial charge is 0.0438 e. The van der Waals surface area contributed by atoms with Crippen molar-refractivity contribution in [3.63, 3.8) is 0 Å². The topological polar surface area (TPSA) is 0 Å². The average Bonchev–Trinajstić information content (AvgIpc) is 2.61. The summed E-state index contributed by atoms with van der Waals surface area (Å²) in [6.07, 6.45) is 9.25. The van der Waals surface area contributed by atoms with Gasteiger partial charge in [0, 0.05) is 5.02 Å². The molecule has 1 aromatic carbocycles. The Balaban J connectivity index is 2.04. The predicted octanol–water partition coefficient (Wildman–Crippen LogP) is 3.29. The minimum absolute atomic E-state index is 0.851. The van der Waals surface area contributed by atoms with Crippen LogP contribution < -0.4 is 0 Å². The molecule has 0 saturated heterocycles. The molecule has 5 radical (unpaired) electrons. The molecule has 0 nitrogen and oxygen atoms in total. The van der Waals surface area contributed by atoms with Gasteiger partial charge in [0.15, 0.2) is 0 Å². The van der Waals surface area contributed by atoms with Gasteiger partial charge in [-0.05, 0) is 49.7 Å². The zero-order valence-corrected chi connectivity index (χ0v) is 7.96. The predicted molar refractivity (Wildman–Crippen MR) is 55.6 cm³/mol. The molecule has 0 heterocycles. The van der Waals surface area contributed by atoms with E-state index in [0.717, 1.165) is 11.4 Å². The van der Waals surface area contributed by atoms with Crippen molar-refractivity contribution < 1.29 is 0 Å². The highest BCUT2D eigenvalue weighted by Gasteiger charge is 2.17. The van der Waals surface area contributed by atoms with Gasteiger partial charge in [-0.1, -0.05) is 29.8 Å². The number of hydrogen-bond donors (Lipinski definition) is 0. The Morgan fingerprint density at radius 1 is 1.00 bits per heavy atom. The van der Waals surface area contributed by atoms with Crippen LogP contribution in [0.4, 0.5) is 0 Å². The van der Waals surface area contributed by atoms with Crippen LogP contribution in [0, 0.1) is 31.6 Å². The molecule has 1 saturated carbocycles. The van der Waals surface area contributed by atoms with Gasteiger partial charge < -0.3 is 0 Å². The molecule has 2 rings (SSSR count). The molecule has 1 heteroatoms. The minimum atomic E-state index is 0.851. The van der Waals surface area contributed by atoms with Crippen molar-refractivity contribution in [1.82, 2.24) is 0 Å². The Hall–Kier alpha value is -0.490. The van der Waals surface area contributed by atoms with Crippen molar-refractivity contribution in [2.24, 2.45) is 0 Å². The lowest BCUT2D eigenvalue weighted by Crippen LogP contribution is -1.97. The first-order valence-corrected chi connectivity index (χ1v) is 4.68. The van der Waals surface area contributed by atoms with Gasteiger partial charge >= 0.3 is 0 Å². The van der Waals surface area contributed by atoms with Gasteiger partial charge in [0.05, 0.1) is 0 Å². The standard InChI is InChI=1S/C12H10Cl/c13-12-8-4-3-7-11(12)9-10-5-1-2-6-10/h1-8H,9H2. The van der Waals surface area contributed by atoms with Gasteiger partial charge in [-0.3, -0.25) is 0 Å². The van der Waals surface area contributed by atoms with E-state index < -0.39 is 0 Å². The molecule has 0 aliphatic heterocycles. The number of rotatable bonds is 2. The molecule has 0 spiro atoms. The third-order valence-corrected chi connectivity index (χ3v) is 2.45. The van der Waals surface area contributed by atoms with Crippen LogP contribution in [0.15, 0.2) is 24.3 Å². The van der Waals surface area contributed by atoms with E-state index in [4.69, 9.17) is 11.6 Å². The Bertz CT molecular complexity index is 274. The fourth-order valence-electron chi connectivity index (χ4n) is 1.39. The van der Waals surface area contributed by atoms with Crippen LogP contribution in [0.5, 0.6) is 0 Å². The van der Waals surface area contributed by atoms with Crippen LogP contribution in [-0.2, 0) is 6.42 Å². The maximum Gasteiger partial charge on any atom is 0.0438 e. The third kappa shape index (κ3) is 2.25. The molecule has 0 unspecified atom stereocenters. The highest BCUT2D eigenvalue weighted by molar-refractivity contribution is 6.31. The zero-order chi connectivity index (χ0) is 9.10. The second-order valence-electron chi connectivity index (χ2n) is 3.06. The van der Waals surface area contributed by atoms with E-state index in [1.54, 1.807) is 0 Å². The van der Waals surface area contributed by atoms with Gasteiger partial charge in [0.25, 0.3) is 0 Å². The van der Waals surface area contributed by atoms with E-state index in [9.17, 15) is 0 Å². The average molecular weight is 190 g/mol. The van der Waals surface area contributed by atoms with Crippen molar-refractivity contribution in [3.05, 3.63) is 66.5 Å². The van der Waals surface area contributed by atoms with Gasteiger partial charge in [-0.2, -0.15) is 0 Å². The molecule has 0 atom stereocenters. The van der Waals surface area contributed by atoms with Crippen LogP contribution in [-0.4, -0.2) is 0 Å². The molecule has 65 valence electrons. The quantitative estimate of drug-likeness (QED) is 0.670. The molecule has 1 aromatic rings. The molecule has 13 heavy (non-hydrogen) atoms. The van der Waals surface area contributed by atoms with Crippen molar-refractivity contribution >= 4 is 11.6 Å². The fourth-order valence-corrected chi connectivity index (χ4v) is 1.60. The van der Waals surface area contributed by atoms with Crippen molar-refractivity contribution in [1.29, 1.82) is 0 Å². The van der Waals surface area contributed by atoms with Crippen LogP contribution in [0.2, 0.25) is 5.02 Å². The highest BCUT2D eigenvalue weighted by Crippen LogP contribution is 2.29. The SMILES string of the molecule is Clc1ccccc1C[C]1[CH][CH][CH][CH]1. The second kappa shape index (κ2) is 4.15. The molecular formula is C12H10Cl. The summed E-state index contributed by atoms with van der Waals surface area (Å²) in [6.45, 7) is 0. The molecular weight excluding hydrogens is 180 g/mol. The summed E-state index contributed by atoms with van der Waals surface area (Å²) < 4.78 is 0. The molecule has 0 amide bonds. The second-order valence-corrected chi connectivity index (χ2v) is 3.47. The summed E-state index contributed by atoms with van der Waals surface area (Å²) in [5.74, 6) is 1.31. The molecule has 1 aliphatic carbocycles. The van der Waals surface area contributed by atoms with Gasteiger partial charge in [0.2, 0.25) is 0 Å². The van der Waals surface area contributed by atoms with Crippen molar-refractivity contribution in [3.8, 4) is 0 Å². The van der Waals surface area contributed by atoms with Crippen LogP contribution in [0.25, 0.3) is 0 Å². The summed E-state index contributed by atoms with van der Waals surface area (Å²) in [5.41, 5.74) is 1.19. The molecule has 0 aromatic heterocycles. The van der Waals surface area contributed by atoms with Crippen LogP contribution >= 0.6 is 11.6 Å². The monoisotopic (exact) mass is 189 g/mol. The van der Waals surface area contributed by atoms with Gasteiger partial charge in [0.1, 0.15) is 0 Å². The fraction of sp³-hybridized carbons (Fsp3) is 0.0833. The summed E-state index contributed by atoms with van der Waals surface area (Å²) in [6, 6.07) is 7.97. The molecule has 0 bridgehead atoms. The first kappa shape index (κ1) is 9.08. The van der Waals surface area contributed by atoms with E-state index >= 15 is 0 Å². The Morgan fingerprint density at radius 2 is 1.69 bits per heavy atom. The van der Waals surface area contributed by atoms with Gasteiger partial charge in [-0.25, -0.2) is 0 Å². The first-order chi connectivity index (χ1) is 6.36. The van der Waals surface area contributed by atoms with Crippen LogP contribution in [0.3, 0.4) is 0 Å². The minimum Gasteiger partial charge on any atom is -0.0840 e. The Labute approximate surface area is 84.9 Å². The maximum absolute atomic E-state index is 6.04. The largest absolute Gasteiger partial charge is 0.0840 e. The lowest BCUT2D eigenvalue weighted by atomic mass is 9.98. The van der Waals surface area contributed by atoms with Crippen molar-refractivity contribution in [2.75, 3.05) is 0 Å². The molecule has 0 N–H and O–H groups in total. The number of halogens is 1. The summed E-state index contributed by atoms with van der Waals surface area (Å²) in [4.78, 5) is 0. The Morgan fingerprint density at radius 3 is 2.38 bits per heavy atom. The normalized spacial score (nSPS) is 17.9. The number of benzene rings is 1. The highest BCUT2D eigenvalue weighted by atomic mass is 35.5. The lowest BCUT2D eigenvalue weighted by molar-refractivity contribution is 1.05. The third-order valence-electron chi connectivity index (χ3n) is 2.08. The maximum atomic E-state index is 6.04. The van der Waals surface area contributed by atoms with E-state index in [2.05, 4.69) is 18.9 Å².